The maximum atomic E-state index is 14.3. The maximum Gasteiger partial charge on any atom is 0.272 e. The number of anilines is 1. The normalized spacial score (nSPS) is 17.2. The molecule has 0 spiro atoms. The minimum Gasteiger partial charge on any atom is -0.492 e. The molecule has 0 fully saturated rings. The lowest BCUT2D eigenvalue weighted by Crippen LogP contribution is -2.30. The Morgan fingerprint density at radius 2 is 2.06 bits per heavy atom. The predicted octanol–water partition coefficient (Wildman–Crippen LogP) is 2.48. The Bertz CT molecular complexity index is 1350. The molecule has 4 aromatic rings. The van der Waals surface area contributed by atoms with E-state index in [1.165, 1.54) is 18.5 Å². The van der Waals surface area contributed by atoms with Gasteiger partial charge in [-0.05, 0) is 36.4 Å². The van der Waals surface area contributed by atoms with Gasteiger partial charge in [-0.25, -0.2) is 14.5 Å². The van der Waals surface area contributed by atoms with Gasteiger partial charge in [0, 0.05) is 24.7 Å². The van der Waals surface area contributed by atoms with Crippen LogP contribution in [0.1, 0.15) is 36.0 Å². The Hall–Kier alpha value is -3.79. The average molecular weight is 449 g/mol. The van der Waals surface area contributed by atoms with E-state index in [1.807, 2.05) is 31.3 Å². The van der Waals surface area contributed by atoms with Crippen LogP contribution < -0.4 is 20.9 Å². The molecular weight excluding hydrogens is 425 g/mol. The number of hydrogen-bond acceptors (Lipinski definition) is 7. The van der Waals surface area contributed by atoms with Gasteiger partial charge >= 0.3 is 0 Å². The van der Waals surface area contributed by atoms with Crippen LogP contribution in [0.2, 0.25) is 0 Å². The van der Waals surface area contributed by atoms with Crippen LogP contribution in [0.5, 0.6) is 5.75 Å². The number of halogens is 1. The lowest BCUT2D eigenvalue weighted by molar-refractivity contribution is 0.315. The van der Waals surface area contributed by atoms with Crippen LogP contribution in [-0.2, 0) is 7.05 Å². The van der Waals surface area contributed by atoms with Gasteiger partial charge < -0.3 is 15.4 Å². The third-order valence-corrected chi connectivity index (χ3v) is 5.88. The first-order chi connectivity index (χ1) is 16.1. The molecule has 0 radical (unpaired) electrons. The quantitative estimate of drug-likeness (QED) is 0.372. The summed E-state index contributed by atoms with van der Waals surface area (Å²) >= 11 is 0. The van der Waals surface area contributed by atoms with Crippen molar-refractivity contribution >= 4 is 16.5 Å². The standard InChI is InChI=1S/C23H24FN7O2/c1-3-25-8-9-33-15-6-4-13(5-7-15)20-19(22-26-12-27-31(22)2)21-18-16(23(32)30-29-21)10-14(24)11-17(18)28-20/h4-7,10-12,19-20,25,28H,3,8-9H2,1-2H3,(H,30,32). The summed E-state index contributed by atoms with van der Waals surface area (Å²) in [5.74, 6) is 0.580. The molecule has 0 aliphatic carbocycles. The van der Waals surface area contributed by atoms with Crippen molar-refractivity contribution in [2.45, 2.75) is 18.9 Å². The zero-order valence-corrected chi connectivity index (χ0v) is 18.3. The number of benzene rings is 2. The van der Waals surface area contributed by atoms with E-state index >= 15 is 0 Å². The predicted molar refractivity (Wildman–Crippen MR) is 122 cm³/mol. The number of aromatic amines is 1. The van der Waals surface area contributed by atoms with Gasteiger partial charge in [0.05, 0.1) is 23.0 Å². The fourth-order valence-corrected chi connectivity index (χ4v) is 4.36. The van der Waals surface area contributed by atoms with Crippen LogP contribution in [0, 0.1) is 5.82 Å². The Kier molecular flexibility index (Phi) is 5.51. The van der Waals surface area contributed by atoms with Gasteiger partial charge in [0.15, 0.2) is 0 Å². The molecule has 1 aliphatic heterocycles. The molecule has 1 aliphatic rings. The number of nitrogens with zero attached hydrogens (tertiary/aromatic N) is 4. The van der Waals surface area contributed by atoms with E-state index in [4.69, 9.17) is 4.74 Å². The smallest absolute Gasteiger partial charge is 0.272 e. The first-order valence-corrected chi connectivity index (χ1v) is 10.8. The number of hydrogen-bond donors (Lipinski definition) is 3. The monoisotopic (exact) mass is 449 g/mol. The van der Waals surface area contributed by atoms with E-state index in [0.29, 0.717) is 29.2 Å². The van der Waals surface area contributed by atoms with Crippen LogP contribution in [-0.4, -0.2) is 44.7 Å². The molecule has 5 rings (SSSR count). The van der Waals surface area contributed by atoms with E-state index in [0.717, 1.165) is 24.4 Å². The van der Waals surface area contributed by atoms with Crippen LogP contribution in [0.25, 0.3) is 10.8 Å². The highest BCUT2D eigenvalue weighted by atomic mass is 19.1. The summed E-state index contributed by atoms with van der Waals surface area (Å²) in [7, 11) is 1.81. The number of H-pyrrole nitrogens is 1. The fraction of sp³-hybridized carbons (Fsp3) is 0.304. The highest BCUT2D eigenvalue weighted by Crippen LogP contribution is 2.46. The topological polar surface area (TPSA) is 110 Å². The van der Waals surface area contributed by atoms with Gasteiger partial charge in [-0.1, -0.05) is 19.1 Å². The molecular formula is C23H24FN7O2. The van der Waals surface area contributed by atoms with Crippen molar-refractivity contribution in [2.24, 2.45) is 7.05 Å². The van der Waals surface area contributed by atoms with E-state index < -0.39 is 11.4 Å². The second-order valence-corrected chi connectivity index (χ2v) is 7.93. The summed E-state index contributed by atoms with van der Waals surface area (Å²) in [5.41, 5.74) is 1.64. The van der Waals surface area contributed by atoms with Crippen molar-refractivity contribution < 1.29 is 9.13 Å². The number of ether oxygens (including phenoxy) is 1. The number of aromatic nitrogens is 5. The molecule has 2 aromatic carbocycles. The number of likely N-dealkylation sites (N-methyl/N-ethyl adjacent to an activating group) is 1. The van der Waals surface area contributed by atoms with E-state index in [1.54, 1.807) is 4.68 Å². The van der Waals surface area contributed by atoms with Crippen molar-refractivity contribution in [1.82, 2.24) is 30.3 Å². The summed E-state index contributed by atoms with van der Waals surface area (Å²) in [5, 5.41) is 18.6. The van der Waals surface area contributed by atoms with Crippen LogP contribution in [0.15, 0.2) is 47.5 Å². The Morgan fingerprint density at radius 3 is 2.79 bits per heavy atom. The van der Waals surface area contributed by atoms with Gasteiger partial charge in [-0.2, -0.15) is 10.2 Å². The van der Waals surface area contributed by atoms with Gasteiger partial charge in [0.1, 0.15) is 30.3 Å². The van der Waals surface area contributed by atoms with Gasteiger partial charge in [-0.3, -0.25) is 9.48 Å². The molecule has 3 heterocycles. The fourth-order valence-electron chi connectivity index (χ4n) is 4.36. The molecule has 0 saturated carbocycles. The largest absolute Gasteiger partial charge is 0.492 e. The van der Waals surface area contributed by atoms with Crippen molar-refractivity contribution in [1.29, 1.82) is 0 Å². The van der Waals surface area contributed by atoms with Gasteiger partial charge in [0.2, 0.25) is 0 Å². The second kappa shape index (κ2) is 8.62. The zero-order chi connectivity index (χ0) is 22.9. The van der Waals surface area contributed by atoms with Crippen LogP contribution in [0.3, 0.4) is 0 Å². The Morgan fingerprint density at radius 1 is 1.24 bits per heavy atom. The summed E-state index contributed by atoms with van der Waals surface area (Å²) in [4.78, 5) is 16.9. The summed E-state index contributed by atoms with van der Waals surface area (Å²) < 4.78 is 21.8. The number of nitrogens with one attached hydrogen (secondary N) is 3. The third kappa shape index (κ3) is 3.82. The van der Waals surface area contributed by atoms with Crippen molar-refractivity contribution in [2.75, 3.05) is 25.0 Å². The molecule has 2 atom stereocenters. The molecule has 9 nitrogen and oxygen atoms in total. The molecule has 2 unspecified atom stereocenters. The number of rotatable bonds is 7. The molecule has 0 bridgehead atoms. The van der Waals surface area contributed by atoms with E-state index in [9.17, 15) is 9.18 Å². The van der Waals surface area contributed by atoms with Crippen molar-refractivity contribution in [3.8, 4) is 5.75 Å². The van der Waals surface area contributed by atoms with E-state index in [-0.39, 0.29) is 17.3 Å². The molecule has 0 saturated heterocycles. The lowest BCUT2D eigenvalue weighted by atomic mass is 9.83. The van der Waals surface area contributed by atoms with Crippen LogP contribution in [0.4, 0.5) is 10.1 Å². The van der Waals surface area contributed by atoms with Gasteiger partial charge in [0.25, 0.3) is 5.56 Å². The highest BCUT2D eigenvalue weighted by Gasteiger charge is 2.37. The molecule has 10 heteroatoms. The third-order valence-electron chi connectivity index (χ3n) is 5.88. The second-order valence-electron chi connectivity index (χ2n) is 7.93. The Balaban J connectivity index is 1.58. The Labute approximate surface area is 189 Å². The molecule has 170 valence electrons. The zero-order valence-electron chi connectivity index (χ0n) is 18.3. The SMILES string of the molecule is CCNCCOc1ccc(C2Nc3cc(F)cc4c(=O)[nH]nc(c34)C2c2ncnn2C)cc1. The average Bonchev–Trinajstić information content (AvgIpc) is 3.24. The first-order valence-electron chi connectivity index (χ1n) is 10.8. The molecule has 33 heavy (non-hydrogen) atoms. The first kappa shape index (κ1) is 21.1. The number of aryl methyl sites for hydroxylation is 1. The van der Waals surface area contributed by atoms with Crippen molar-refractivity contribution in [3.05, 3.63) is 76.0 Å². The molecule has 2 aromatic heterocycles. The van der Waals surface area contributed by atoms with Crippen molar-refractivity contribution in [3.63, 3.8) is 0 Å². The van der Waals surface area contributed by atoms with E-state index in [2.05, 4.69) is 37.8 Å². The minimum atomic E-state index is -0.493. The summed E-state index contributed by atoms with van der Waals surface area (Å²) in [6.45, 7) is 4.29. The minimum absolute atomic E-state index is 0.248. The lowest BCUT2D eigenvalue weighted by Gasteiger charge is -2.33. The maximum absolute atomic E-state index is 14.3. The summed E-state index contributed by atoms with van der Waals surface area (Å²) in [6, 6.07) is 10.1. The van der Waals surface area contributed by atoms with Gasteiger partial charge in [-0.15, -0.1) is 0 Å². The van der Waals surface area contributed by atoms with Crippen LogP contribution >= 0.6 is 0 Å². The summed E-state index contributed by atoms with van der Waals surface area (Å²) in [6.07, 6.45) is 1.48. The highest BCUT2D eigenvalue weighted by molar-refractivity contribution is 5.97. The molecule has 0 amide bonds. The molecule has 3 N–H and O–H groups in total.